The Kier molecular flexibility index (Phi) is 7.93. The SMILES string of the molecule is CN(C(=O)c1cccc(N2CCN(CC(=O)N3CCN(C4CCC4)CC3)CC2)c1)C1CCCCC1. The van der Waals surface area contributed by atoms with Crippen LogP contribution in [0.2, 0.25) is 0 Å². The molecule has 2 saturated carbocycles. The zero-order valence-electron chi connectivity index (χ0n) is 21.5. The fourth-order valence-corrected chi connectivity index (χ4v) is 6.22. The van der Waals surface area contributed by atoms with Crippen molar-refractivity contribution in [3.8, 4) is 0 Å². The number of carbonyl (C=O) groups excluding carboxylic acids is 2. The third-order valence-corrected chi connectivity index (χ3v) is 8.89. The highest BCUT2D eigenvalue weighted by Crippen LogP contribution is 2.26. The molecule has 35 heavy (non-hydrogen) atoms. The average molecular weight is 482 g/mol. The molecule has 0 N–H and O–H groups in total. The molecule has 2 saturated heterocycles. The molecule has 2 aliphatic heterocycles. The van der Waals surface area contributed by atoms with E-state index in [1.54, 1.807) is 0 Å². The van der Waals surface area contributed by atoms with Crippen LogP contribution < -0.4 is 4.90 Å². The molecule has 0 spiro atoms. The van der Waals surface area contributed by atoms with Gasteiger partial charge in [0.1, 0.15) is 0 Å². The third-order valence-electron chi connectivity index (χ3n) is 8.89. The topological polar surface area (TPSA) is 50.3 Å². The zero-order chi connectivity index (χ0) is 24.2. The fraction of sp³-hybridized carbons (Fsp3) is 0.714. The highest BCUT2D eigenvalue weighted by Gasteiger charge is 2.30. The van der Waals surface area contributed by atoms with Crippen molar-refractivity contribution in [1.82, 2.24) is 19.6 Å². The standard InChI is InChI=1S/C28H43N5O2/c1-29(24-8-3-2-4-9-24)28(35)23-7-5-12-26(21-23)32-15-13-30(14-16-32)22-27(34)33-19-17-31(18-20-33)25-10-6-11-25/h5,7,12,21,24-25H,2-4,6,8-11,13-20,22H2,1H3. The van der Waals surface area contributed by atoms with Gasteiger partial charge in [0.15, 0.2) is 0 Å². The molecule has 2 heterocycles. The zero-order valence-corrected chi connectivity index (χ0v) is 21.5. The van der Waals surface area contributed by atoms with Crippen LogP contribution in [0, 0.1) is 0 Å². The lowest BCUT2D eigenvalue weighted by Crippen LogP contribution is -2.56. The van der Waals surface area contributed by atoms with Gasteiger partial charge in [-0.2, -0.15) is 0 Å². The highest BCUT2D eigenvalue weighted by molar-refractivity contribution is 5.95. The Morgan fingerprint density at radius 3 is 2.23 bits per heavy atom. The fourth-order valence-electron chi connectivity index (χ4n) is 6.22. The monoisotopic (exact) mass is 481 g/mol. The number of hydrogen-bond donors (Lipinski definition) is 0. The molecule has 0 unspecified atom stereocenters. The molecule has 4 fully saturated rings. The number of benzene rings is 1. The number of nitrogens with zero attached hydrogens (tertiary/aromatic N) is 5. The van der Waals surface area contributed by atoms with Crippen molar-refractivity contribution in [3.63, 3.8) is 0 Å². The molecule has 4 aliphatic rings. The molecular weight excluding hydrogens is 438 g/mol. The molecule has 1 aromatic carbocycles. The molecule has 0 bridgehead atoms. The lowest BCUT2D eigenvalue weighted by molar-refractivity contribution is -0.134. The van der Waals surface area contributed by atoms with Gasteiger partial charge in [-0.1, -0.05) is 31.7 Å². The van der Waals surface area contributed by atoms with Crippen molar-refractivity contribution in [3.05, 3.63) is 29.8 Å². The van der Waals surface area contributed by atoms with Crippen LogP contribution in [0.4, 0.5) is 5.69 Å². The number of rotatable bonds is 6. The summed E-state index contributed by atoms with van der Waals surface area (Å²) in [6.45, 7) is 7.91. The number of anilines is 1. The summed E-state index contributed by atoms with van der Waals surface area (Å²) in [6.07, 6.45) is 10.0. The van der Waals surface area contributed by atoms with Gasteiger partial charge < -0.3 is 14.7 Å². The summed E-state index contributed by atoms with van der Waals surface area (Å²) < 4.78 is 0. The van der Waals surface area contributed by atoms with Gasteiger partial charge >= 0.3 is 0 Å². The molecule has 0 radical (unpaired) electrons. The van der Waals surface area contributed by atoms with Crippen molar-refractivity contribution in [2.24, 2.45) is 0 Å². The molecule has 0 aromatic heterocycles. The smallest absolute Gasteiger partial charge is 0.253 e. The minimum Gasteiger partial charge on any atom is -0.369 e. The van der Waals surface area contributed by atoms with E-state index in [0.717, 1.165) is 82.5 Å². The lowest BCUT2D eigenvalue weighted by Gasteiger charge is -2.43. The second-order valence-corrected chi connectivity index (χ2v) is 11.0. The maximum Gasteiger partial charge on any atom is 0.253 e. The van der Waals surface area contributed by atoms with Gasteiger partial charge in [-0.05, 0) is 43.9 Å². The van der Waals surface area contributed by atoms with E-state index in [1.807, 2.05) is 24.1 Å². The Hall–Kier alpha value is -2.12. The number of amides is 2. The molecule has 5 rings (SSSR count). The van der Waals surface area contributed by atoms with Crippen LogP contribution in [0.5, 0.6) is 0 Å². The van der Waals surface area contributed by atoms with Gasteiger partial charge in [0.2, 0.25) is 5.91 Å². The minimum atomic E-state index is 0.139. The first-order valence-corrected chi connectivity index (χ1v) is 13.9. The maximum atomic E-state index is 13.1. The molecule has 192 valence electrons. The predicted octanol–water partition coefficient (Wildman–Crippen LogP) is 2.91. The van der Waals surface area contributed by atoms with E-state index in [-0.39, 0.29) is 11.8 Å². The van der Waals surface area contributed by atoms with Gasteiger partial charge in [0, 0.05) is 82.7 Å². The van der Waals surface area contributed by atoms with Crippen molar-refractivity contribution >= 4 is 17.5 Å². The Morgan fingerprint density at radius 1 is 0.857 bits per heavy atom. The Bertz CT molecular complexity index is 866. The molecule has 7 nitrogen and oxygen atoms in total. The highest BCUT2D eigenvalue weighted by atomic mass is 16.2. The second kappa shape index (κ2) is 11.3. The first-order chi connectivity index (χ1) is 17.1. The van der Waals surface area contributed by atoms with Crippen LogP contribution in [0.25, 0.3) is 0 Å². The van der Waals surface area contributed by atoms with Crippen molar-refractivity contribution in [2.45, 2.75) is 63.5 Å². The van der Waals surface area contributed by atoms with Crippen LogP contribution in [0.3, 0.4) is 0 Å². The van der Waals surface area contributed by atoms with Crippen molar-refractivity contribution in [2.75, 3.05) is 70.9 Å². The largest absolute Gasteiger partial charge is 0.369 e. The second-order valence-electron chi connectivity index (χ2n) is 11.0. The molecule has 7 heteroatoms. The van der Waals surface area contributed by atoms with Crippen LogP contribution in [0.1, 0.15) is 61.7 Å². The Balaban J connectivity index is 1.09. The lowest BCUT2D eigenvalue weighted by atomic mass is 9.91. The summed E-state index contributed by atoms with van der Waals surface area (Å²) in [5.41, 5.74) is 1.90. The van der Waals surface area contributed by atoms with Crippen molar-refractivity contribution < 1.29 is 9.59 Å². The van der Waals surface area contributed by atoms with Crippen LogP contribution in [-0.4, -0.2) is 109 Å². The van der Waals surface area contributed by atoms with Crippen LogP contribution in [-0.2, 0) is 4.79 Å². The molecular formula is C28H43N5O2. The van der Waals surface area contributed by atoms with E-state index in [4.69, 9.17) is 0 Å². The van der Waals surface area contributed by atoms with Gasteiger partial charge in [-0.15, -0.1) is 0 Å². The average Bonchev–Trinajstić information content (AvgIpc) is 2.88. The van der Waals surface area contributed by atoms with E-state index >= 15 is 0 Å². The number of piperazine rings is 2. The summed E-state index contributed by atoms with van der Waals surface area (Å²) in [5.74, 6) is 0.422. The van der Waals surface area contributed by atoms with Gasteiger partial charge in [-0.25, -0.2) is 0 Å². The first kappa shape index (κ1) is 24.6. The van der Waals surface area contributed by atoms with Gasteiger partial charge in [0.25, 0.3) is 5.91 Å². The number of carbonyl (C=O) groups is 2. The quantitative estimate of drug-likeness (QED) is 0.625. The Morgan fingerprint density at radius 2 is 1.57 bits per heavy atom. The Labute approximate surface area is 211 Å². The molecule has 2 amide bonds. The maximum absolute atomic E-state index is 13.1. The molecule has 2 aliphatic carbocycles. The molecule has 0 atom stereocenters. The van der Waals surface area contributed by atoms with E-state index in [1.165, 1.54) is 38.5 Å². The van der Waals surface area contributed by atoms with Crippen molar-refractivity contribution in [1.29, 1.82) is 0 Å². The van der Waals surface area contributed by atoms with E-state index < -0.39 is 0 Å². The van der Waals surface area contributed by atoms with E-state index in [2.05, 4.69) is 31.7 Å². The van der Waals surface area contributed by atoms with E-state index in [0.29, 0.717) is 12.6 Å². The predicted molar refractivity (Wildman–Crippen MR) is 140 cm³/mol. The van der Waals surface area contributed by atoms with Gasteiger partial charge in [0.05, 0.1) is 6.54 Å². The summed E-state index contributed by atoms with van der Waals surface area (Å²) in [5, 5.41) is 0. The summed E-state index contributed by atoms with van der Waals surface area (Å²) in [6, 6.07) is 9.29. The summed E-state index contributed by atoms with van der Waals surface area (Å²) >= 11 is 0. The summed E-state index contributed by atoms with van der Waals surface area (Å²) in [4.78, 5) is 37.3. The third kappa shape index (κ3) is 5.83. The van der Waals surface area contributed by atoms with Gasteiger partial charge in [-0.3, -0.25) is 19.4 Å². The van der Waals surface area contributed by atoms with Crippen LogP contribution in [0.15, 0.2) is 24.3 Å². The minimum absolute atomic E-state index is 0.139. The summed E-state index contributed by atoms with van der Waals surface area (Å²) in [7, 11) is 1.97. The number of hydrogen-bond acceptors (Lipinski definition) is 5. The van der Waals surface area contributed by atoms with E-state index in [9.17, 15) is 9.59 Å². The van der Waals surface area contributed by atoms with Crippen LogP contribution >= 0.6 is 0 Å². The normalized spacial score (nSPS) is 23.2. The first-order valence-electron chi connectivity index (χ1n) is 13.9. The molecule has 1 aromatic rings.